The molecule has 2 atom stereocenters. The van der Waals surface area contributed by atoms with Gasteiger partial charge >= 0.3 is 0 Å². The molecule has 82 valence electrons. The minimum absolute atomic E-state index is 0.523. The van der Waals surface area contributed by atoms with Gasteiger partial charge in [0.15, 0.2) is 0 Å². The zero-order chi connectivity index (χ0) is 9.80. The van der Waals surface area contributed by atoms with Gasteiger partial charge in [0.1, 0.15) is 0 Å². The van der Waals surface area contributed by atoms with Gasteiger partial charge in [-0.25, -0.2) is 0 Å². The second kappa shape index (κ2) is 5.10. The summed E-state index contributed by atoms with van der Waals surface area (Å²) in [6.45, 7) is 7.88. The molecule has 3 nitrogen and oxygen atoms in total. The van der Waals surface area contributed by atoms with Gasteiger partial charge in [-0.2, -0.15) is 0 Å². The number of hydrogen-bond acceptors (Lipinski definition) is 3. The predicted octanol–water partition coefficient (Wildman–Crippen LogP) is 0.849. The van der Waals surface area contributed by atoms with Crippen LogP contribution in [0.1, 0.15) is 26.2 Å². The molecular weight excluding hydrogens is 176 g/mol. The summed E-state index contributed by atoms with van der Waals surface area (Å²) in [6, 6.07) is 0.724. The molecule has 0 radical (unpaired) electrons. The van der Waals surface area contributed by atoms with Gasteiger partial charge in [0.05, 0.1) is 6.10 Å². The molecule has 0 aromatic heterocycles. The molecule has 0 amide bonds. The van der Waals surface area contributed by atoms with E-state index in [1.807, 2.05) is 0 Å². The van der Waals surface area contributed by atoms with E-state index in [0.29, 0.717) is 6.10 Å². The monoisotopic (exact) mass is 198 g/mol. The minimum atomic E-state index is 0.523. The van der Waals surface area contributed by atoms with Gasteiger partial charge in [0, 0.05) is 25.7 Å². The molecule has 14 heavy (non-hydrogen) atoms. The fourth-order valence-electron chi connectivity index (χ4n) is 2.53. The topological polar surface area (TPSA) is 24.5 Å². The lowest BCUT2D eigenvalue weighted by atomic mass is 10.2. The third kappa shape index (κ3) is 2.69. The Morgan fingerprint density at radius 3 is 3.07 bits per heavy atom. The summed E-state index contributed by atoms with van der Waals surface area (Å²) in [5.41, 5.74) is 0. The van der Waals surface area contributed by atoms with Crippen LogP contribution in [0.4, 0.5) is 0 Å². The third-order valence-corrected chi connectivity index (χ3v) is 3.25. The van der Waals surface area contributed by atoms with E-state index in [0.717, 1.165) is 25.7 Å². The molecule has 0 aromatic carbocycles. The molecule has 3 heteroatoms. The van der Waals surface area contributed by atoms with E-state index in [1.165, 1.54) is 32.4 Å². The predicted molar refractivity (Wildman–Crippen MR) is 57.5 cm³/mol. The van der Waals surface area contributed by atoms with Crippen molar-refractivity contribution in [1.29, 1.82) is 0 Å². The average molecular weight is 198 g/mol. The minimum Gasteiger partial charge on any atom is -0.377 e. The van der Waals surface area contributed by atoms with Crippen molar-refractivity contribution < 1.29 is 4.74 Å². The van der Waals surface area contributed by atoms with Crippen molar-refractivity contribution in [2.75, 3.05) is 32.8 Å². The number of nitrogens with one attached hydrogen (secondary N) is 1. The molecule has 0 spiro atoms. The number of ether oxygens (including phenoxy) is 1. The maximum absolute atomic E-state index is 5.65. The molecule has 0 aromatic rings. The summed E-state index contributed by atoms with van der Waals surface area (Å²) < 4.78 is 5.65. The quantitative estimate of drug-likeness (QED) is 0.725. The van der Waals surface area contributed by atoms with Crippen molar-refractivity contribution >= 4 is 0 Å². The van der Waals surface area contributed by atoms with Crippen molar-refractivity contribution in [1.82, 2.24) is 10.2 Å². The van der Waals surface area contributed by atoms with Crippen LogP contribution in [0.15, 0.2) is 0 Å². The first-order chi connectivity index (χ1) is 6.88. The highest BCUT2D eigenvalue weighted by molar-refractivity contribution is 4.82. The first kappa shape index (κ1) is 10.4. The van der Waals surface area contributed by atoms with Gasteiger partial charge in [0.25, 0.3) is 0 Å². The van der Waals surface area contributed by atoms with Gasteiger partial charge in [-0.3, -0.25) is 4.90 Å². The van der Waals surface area contributed by atoms with Gasteiger partial charge in [-0.05, 0) is 32.4 Å². The van der Waals surface area contributed by atoms with E-state index in [2.05, 4.69) is 17.1 Å². The number of likely N-dealkylation sites (N-methyl/N-ethyl adjacent to an activating group) is 1. The smallest absolute Gasteiger partial charge is 0.0702 e. The lowest BCUT2D eigenvalue weighted by Gasteiger charge is -2.19. The molecule has 2 aliphatic rings. The summed E-state index contributed by atoms with van der Waals surface area (Å²) >= 11 is 0. The van der Waals surface area contributed by atoms with Crippen LogP contribution < -0.4 is 5.32 Å². The molecule has 2 unspecified atom stereocenters. The molecule has 2 rings (SSSR count). The molecule has 2 saturated heterocycles. The zero-order valence-corrected chi connectivity index (χ0v) is 9.17. The second-order valence-electron chi connectivity index (χ2n) is 4.44. The third-order valence-electron chi connectivity index (χ3n) is 3.25. The summed E-state index contributed by atoms with van der Waals surface area (Å²) in [6.07, 6.45) is 4.35. The SMILES string of the molecule is CCNC1CCN(CC2CCCO2)C1. The van der Waals surface area contributed by atoms with Gasteiger partial charge in [0.2, 0.25) is 0 Å². The Balaban J connectivity index is 1.67. The van der Waals surface area contributed by atoms with Crippen molar-refractivity contribution in [2.45, 2.75) is 38.3 Å². The van der Waals surface area contributed by atoms with Crippen molar-refractivity contribution in [3.8, 4) is 0 Å². The Labute approximate surface area is 86.8 Å². The largest absolute Gasteiger partial charge is 0.377 e. The normalized spacial score (nSPS) is 34.1. The molecule has 0 aliphatic carbocycles. The van der Waals surface area contributed by atoms with Crippen LogP contribution in [0.3, 0.4) is 0 Å². The molecule has 2 aliphatic heterocycles. The number of hydrogen-bond donors (Lipinski definition) is 1. The Morgan fingerprint density at radius 2 is 2.36 bits per heavy atom. The lowest BCUT2D eigenvalue weighted by Crippen LogP contribution is -2.35. The van der Waals surface area contributed by atoms with E-state index in [4.69, 9.17) is 4.74 Å². The molecule has 2 fully saturated rings. The first-order valence-corrected chi connectivity index (χ1v) is 5.96. The summed E-state index contributed by atoms with van der Waals surface area (Å²) in [5.74, 6) is 0. The van der Waals surface area contributed by atoms with Crippen molar-refractivity contribution in [2.24, 2.45) is 0 Å². The van der Waals surface area contributed by atoms with Crippen LogP contribution >= 0.6 is 0 Å². The van der Waals surface area contributed by atoms with E-state index < -0.39 is 0 Å². The molecule has 0 bridgehead atoms. The van der Waals surface area contributed by atoms with Crippen LogP contribution in [-0.2, 0) is 4.74 Å². The van der Waals surface area contributed by atoms with Crippen molar-refractivity contribution in [3.63, 3.8) is 0 Å². The molecule has 2 heterocycles. The highest BCUT2D eigenvalue weighted by Gasteiger charge is 2.25. The average Bonchev–Trinajstić information content (AvgIpc) is 2.79. The Kier molecular flexibility index (Phi) is 3.79. The zero-order valence-electron chi connectivity index (χ0n) is 9.17. The van der Waals surface area contributed by atoms with Crippen LogP contribution in [0, 0.1) is 0 Å². The fraction of sp³-hybridized carbons (Fsp3) is 1.00. The van der Waals surface area contributed by atoms with Crippen LogP contribution in [0.5, 0.6) is 0 Å². The summed E-state index contributed by atoms with van der Waals surface area (Å²) in [5, 5.41) is 3.52. The Bertz CT molecular complexity index is 169. The van der Waals surface area contributed by atoms with E-state index >= 15 is 0 Å². The van der Waals surface area contributed by atoms with E-state index in [-0.39, 0.29) is 0 Å². The lowest BCUT2D eigenvalue weighted by molar-refractivity contribution is 0.0801. The Morgan fingerprint density at radius 1 is 1.43 bits per heavy atom. The second-order valence-corrected chi connectivity index (χ2v) is 4.44. The fourth-order valence-corrected chi connectivity index (χ4v) is 2.53. The molecule has 0 saturated carbocycles. The maximum Gasteiger partial charge on any atom is 0.0702 e. The van der Waals surface area contributed by atoms with Gasteiger partial charge < -0.3 is 10.1 Å². The summed E-state index contributed by atoms with van der Waals surface area (Å²) in [7, 11) is 0. The van der Waals surface area contributed by atoms with Gasteiger partial charge in [-0.15, -0.1) is 0 Å². The van der Waals surface area contributed by atoms with E-state index in [1.54, 1.807) is 0 Å². The van der Waals surface area contributed by atoms with Crippen LogP contribution in [0.2, 0.25) is 0 Å². The van der Waals surface area contributed by atoms with Crippen molar-refractivity contribution in [3.05, 3.63) is 0 Å². The highest BCUT2D eigenvalue weighted by Crippen LogP contribution is 2.16. The van der Waals surface area contributed by atoms with E-state index in [9.17, 15) is 0 Å². The van der Waals surface area contributed by atoms with Crippen LogP contribution in [0.25, 0.3) is 0 Å². The highest BCUT2D eigenvalue weighted by atomic mass is 16.5. The standard InChI is InChI=1S/C11H22N2O/c1-2-12-10-5-6-13(8-10)9-11-4-3-7-14-11/h10-12H,2-9H2,1H3. The number of likely N-dealkylation sites (tertiary alicyclic amines) is 1. The van der Waals surface area contributed by atoms with Gasteiger partial charge in [-0.1, -0.05) is 6.92 Å². The number of nitrogens with zero attached hydrogens (tertiary/aromatic N) is 1. The Hall–Kier alpha value is -0.120. The number of rotatable bonds is 4. The first-order valence-electron chi connectivity index (χ1n) is 5.96. The maximum atomic E-state index is 5.65. The molecular formula is C11H22N2O. The summed E-state index contributed by atoms with van der Waals surface area (Å²) in [4.78, 5) is 2.54. The van der Waals surface area contributed by atoms with Crippen LogP contribution in [-0.4, -0.2) is 49.8 Å². The molecule has 1 N–H and O–H groups in total.